The number of carbonyl (C=O) groups excluding carboxylic acids is 1. The number of rotatable bonds is 4. The second-order valence-electron chi connectivity index (χ2n) is 7.32. The number of morpholine rings is 1. The average Bonchev–Trinajstić information content (AvgIpc) is 2.69. The van der Waals surface area contributed by atoms with Crippen LogP contribution in [0.25, 0.3) is 0 Å². The summed E-state index contributed by atoms with van der Waals surface area (Å²) in [7, 11) is -3.23. The number of carbonyl (C=O) groups is 1. The number of amides is 1. The first-order chi connectivity index (χ1) is 12.4. The molecular formula is C19H28N2O4S. The molecule has 2 heterocycles. The van der Waals surface area contributed by atoms with Crippen molar-refractivity contribution in [3.05, 3.63) is 29.8 Å². The summed E-state index contributed by atoms with van der Waals surface area (Å²) in [5.41, 5.74) is 0.676. The summed E-state index contributed by atoms with van der Waals surface area (Å²) in [6.45, 7) is 8.83. The molecule has 0 unspecified atom stereocenters. The van der Waals surface area contributed by atoms with Crippen LogP contribution in [-0.4, -0.2) is 74.8 Å². The molecule has 1 amide bonds. The Labute approximate surface area is 156 Å². The van der Waals surface area contributed by atoms with Gasteiger partial charge >= 0.3 is 0 Å². The maximum Gasteiger partial charge on any atom is 0.253 e. The summed E-state index contributed by atoms with van der Waals surface area (Å²) in [4.78, 5) is 17.4. The van der Waals surface area contributed by atoms with Crippen LogP contribution in [0.4, 0.5) is 0 Å². The smallest absolute Gasteiger partial charge is 0.253 e. The Morgan fingerprint density at radius 3 is 2.19 bits per heavy atom. The van der Waals surface area contributed by atoms with Crippen molar-refractivity contribution in [2.45, 2.75) is 37.1 Å². The molecule has 0 spiro atoms. The van der Waals surface area contributed by atoms with E-state index in [2.05, 4.69) is 11.8 Å². The van der Waals surface area contributed by atoms with E-state index in [0.29, 0.717) is 5.56 Å². The van der Waals surface area contributed by atoms with Crippen molar-refractivity contribution in [2.75, 3.05) is 45.1 Å². The van der Waals surface area contributed by atoms with E-state index in [1.54, 1.807) is 19.1 Å². The molecule has 0 saturated carbocycles. The van der Waals surface area contributed by atoms with Gasteiger partial charge in [-0.25, -0.2) is 8.42 Å². The Morgan fingerprint density at radius 2 is 1.65 bits per heavy atom. The lowest BCUT2D eigenvalue weighted by atomic mass is 9.87. The third kappa shape index (κ3) is 3.94. The molecule has 0 N–H and O–H groups in total. The van der Waals surface area contributed by atoms with E-state index in [0.717, 1.165) is 52.2 Å². The fraction of sp³-hybridized carbons (Fsp3) is 0.632. The molecular weight excluding hydrogens is 352 g/mol. The van der Waals surface area contributed by atoms with Gasteiger partial charge in [0.1, 0.15) is 0 Å². The van der Waals surface area contributed by atoms with Crippen LogP contribution in [0.3, 0.4) is 0 Å². The molecule has 2 saturated heterocycles. The van der Waals surface area contributed by atoms with Crippen LogP contribution in [0.2, 0.25) is 0 Å². The summed E-state index contributed by atoms with van der Waals surface area (Å²) >= 11 is 0. The van der Waals surface area contributed by atoms with Crippen molar-refractivity contribution in [1.82, 2.24) is 9.80 Å². The molecule has 0 bridgehead atoms. The second-order valence-corrected chi connectivity index (χ2v) is 9.59. The van der Waals surface area contributed by atoms with Crippen molar-refractivity contribution in [1.29, 1.82) is 0 Å². The van der Waals surface area contributed by atoms with Crippen LogP contribution in [-0.2, 0) is 14.6 Å². The number of hydrogen-bond donors (Lipinski definition) is 0. The summed E-state index contributed by atoms with van der Waals surface area (Å²) in [6.07, 6.45) is 1.89. The van der Waals surface area contributed by atoms with Gasteiger partial charge in [0.2, 0.25) is 0 Å². The highest BCUT2D eigenvalue weighted by Gasteiger charge is 2.37. The number of likely N-dealkylation sites (tertiary alicyclic amines) is 1. The van der Waals surface area contributed by atoms with E-state index in [1.165, 1.54) is 12.1 Å². The molecule has 6 nitrogen and oxygen atoms in total. The SMILES string of the molecule is CCS(=O)(=O)c1ccc(C(=O)N2CCC(C)(N3CCOCC3)CC2)cc1. The molecule has 26 heavy (non-hydrogen) atoms. The van der Waals surface area contributed by atoms with Gasteiger partial charge in [0.05, 0.1) is 23.9 Å². The minimum Gasteiger partial charge on any atom is -0.379 e. The van der Waals surface area contributed by atoms with Crippen molar-refractivity contribution in [2.24, 2.45) is 0 Å². The standard InChI is InChI=1S/C19H28N2O4S/c1-3-26(23,24)17-6-4-16(5-7-17)18(22)20-10-8-19(2,9-11-20)21-12-14-25-15-13-21/h4-7H,3,8-15H2,1-2H3. The molecule has 1 aromatic rings. The van der Waals surface area contributed by atoms with Gasteiger partial charge in [0.25, 0.3) is 5.91 Å². The van der Waals surface area contributed by atoms with Gasteiger partial charge < -0.3 is 9.64 Å². The fourth-order valence-electron chi connectivity index (χ4n) is 3.77. The molecule has 2 aliphatic heterocycles. The number of nitrogens with zero attached hydrogens (tertiary/aromatic N) is 2. The quantitative estimate of drug-likeness (QED) is 0.797. The van der Waals surface area contributed by atoms with Gasteiger partial charge in [-0.05, 0) is 44.0 Å². The summed E-state index contributed by atoms with van der Waals surface area (Å²) in [5.74, 6) is 0.0430. The normalized spacial score (nSPS) is 21.5. The molecule has 2 fully saturated rings. The zero-order valence-corrected chi connectivity index (χ0v) is 16.4. The highest BCUT2D eigenvalue weighted by Crippen LogP contribution is 2.30. The molecule has 1 aromatic carbocycles. The maximum absolute atomic E-state index is 12.8. The first-order valence-corrected chi connectivity index (χ1v) is 11.0. The minimum atomic E-state index is -3.23. The zero-order chi connectivity index (χ0) is 18.8. The maximum atomic E-state index is 12.8. The fourth-order valence-corrected chi connectivity index (χ4v) is 4.65. The summed E-state index contributed by atoms with van der Waals surface area (Å²) in [6, 6.07) is 6.32. The highest BCUT2D eigenvalue weighted by molar-refractivity contribution is 7.91. The Hall–Kier alpha value is -1.44. The van der Waals surface area contributed by atoms with Crippen molar-refractivity contribution < 1.29 is 17.9 Å². The van der Waals surface area contributed by atoms with E-state index in [9.17, 15) is 13.2 Å². The third-order valence-corrected chi connectivity index (χ3v) is 7.49. The van der Waals surface area contributed by atoms with Crippen LogP contribution >= 0.6 is 0 Å². The topological polar surface area (TPSA) is 66.9 Å². The average molecular weight is 381 g/mol. The van der Waals surface area contributed by atoms with E-state index >= 15 is 0 Å². The molecule has 3 rings (SSSR count). The van der Waals surface area contributed by atoms with Gasteiger partial charge in [-0.2, -0.15) is 0 Å². The summed E-state index contributed by atoms with van der Waals surface area (Å²) < 4.78 is 29.2. The monoisotopic (exact) mass is 380 g/mol. The third-order valence-electron chi connectivity index (χ3n) is 5.74. The van der Waals surface area contributed by atoms with E-state index in [1.807, 2.05) is 4.90 Å². The molecule has 7 heteroatoms. The predicted molar refractivity (Wildman–Crippen MR) is 100 cm³/mol. The van der Waals surface area contributed by atoms with Gasteiger partial charge in [-0.1, -0.05) is 6.92 Å². The molecule has 0 radical (unpaired) electrons. The molecule has 0 atom stereocenters. The van der Waals surface area contributed by atoms with Crippen LogP contribution in [0.15, 0.2) is 29.2 Å². The lowest BCUT2D eigenvalue weighted by Crippen LogP contribution is -2.57. The van der Waals surface area contributed by atoms with E-state index < -0.39 is 9.84 Å². The molecule has 0 aliphatic carbocycles. The second kappa shape index (κ2) is 7.66. The van der Waals surface area contributed by atoms with Crippen LogP contribution in [0.1, 0.15) is 37.0 Å². The Kier molecular flexibility index (Phi) is 5.69. The van der Waals surface area contributed by atoms with E-state index in [4.69, 9.17) is 4.74 Å². The Balaban J connectivity index is 1.63. The van der Waals surface area contributed by atoms with Crippen molar-refractivity contribution in [3.63, 3.8) is 0 Å². The zero-order valence-electron chi connectivity index (χ0n) is 15.6. The number of ether oxygens (including phenoxy) is 1. The minimum absolute atomic E-state index is 0.0190. The Morgan fingerprint density at radius 1 is 1.08 bits per heavy atom. The van der Waals surface area contributed by atoms with Crippen molar-refractivity contribution in [3.8, 4) is 0 Å². The number of hydrogen-bond acceptors (Lipinski definition) is 5. The van der Waals surface area contributed by atoms with Gasteiger partial charge in [-0.15, -0.1) is 0 Å². The Bertz CT molecular complexity index is 731. The van der Waals surface area contributed by atoms with Gasteiger partial charge in [0.15, 0.2) is 9.84 Å². The van der Waals surface area contributed by atoms with Crippen LogP contribution in [0, 0.1) is 0 Å². The number of benzene rings is 1. The van der Waals surface area contributed by atoms with Crippen LogP contribution < -0.4 is 0 Å². The first-order valence-electron chi connectivity index (χ1n) is 9.31. The van der Waals surface area contributed by atoms with E-state index in [-0.39, 0.29) is 22.1 Å². The number of piperidine rings is 1. The molecule has 0 aromatic heterocycles. The summed E-state index contributed by atoms with van der Waals surface area (Å²) in [5, 5.41) is 0. The number of sulfone groups is 1. The predicted octanol–water partition coefficient (Wildman–Crippen LogP) is 1.81. The molecule has 144 valence electrons. The molecule has 2 aliphatic rings. The largest absolute Gasteiger partial charge is 0.379 e. The van der Waals surface area contributed by atoms with Crippen molar-refractivity contribution >= 4 is 15.7 Å². The lowest BCUT2D eigenvalue weighted by molar-refractivity contribution is -0.0372. The van der Waals surface area contributed by atoms with Gasteiger partial charge in [0, 0.05) is 37.3 Å². The lowest BCUT2D eigenvalue weighted by Gasteiger charge is -2.48. The highest BCUT2D eigenvalue weighted by atomic mass is 32.2. The first kappa shape index (κ1) is 19.3. The van der Waals surface area contributed by atoms with Gasteiger partial charge in [-0.3, -0.25) is 9.69 Å². The van der Waals surface area contributed by atoms with Crippen LogP contribution in [0.5, 0.6) is 0 Å².